The number of carboxylic acid groups (broad SMARTS) is 1. The Bertz CT molecular complexity index is 1050. The summed E-state index contributed by atoms with van der Waals surface area (Å²) in [6, 6.07) is 10.4. The van der Waals surface area contributed by atoms with Gasteiger partial charge in [0.2, 0.25) is 0 Å². The molecular weight excluding hydrogens is 385 g/mol. The first-order valence-corrected chi connectivity index (χ1v) is 10.5. The van der Waals surface area contributed by atoms with Crippen LogP contribution in [0.3, 0.4) is 0 Å². The van der Waals surface area contributed by atoms with E-state index in [1.807, 2.05) is 4.90 Å². The molecule has 1 aromatic heterocycles. The molecule has 0 amide bonds. The highest BCUT2D eigenvalue weighted by molar-refractivity contribution is 8.24. The van der Waals surface area contributed by atoms with Gasteiger partial charge in [-0.05, 0) is 42.5 Å². The molecule has 0 saturated carbocycles. The second-order valence-corrected chi connectivity index (χ2v) is 9.03. The van der Waals surface area contributed by atoms with Crippen LogP contribution in [-0.4, -0.2) is 54.7 Å². The van der Waals surface area contributed by atoms with Gasteiger partial charge in [-0.25, -0.2) is 19.2 Å². The lowest BCUT2D eigenvalue weighted by Gasteiger charge is -2.41. The van der Waals surface area contributed by atoms with Gasteiger partial charge in [-0.15, -0.1) is 0 Å². The van der Waals surface area contributed by atoms with Crippen molar-refractivity contribution in [1.82, 2.24) is 9.97 Å². The summed E-state index contributed by atoms with van der Waals surface area (Å²) in [5.74, 6) is -0.455. The monoisotopic (exact) mass is 403 g/mol. The molecular formula is C19H18FN3O4S. The molecule has 3 N–H and O–H groups in total. The van der Waals surface area contributed by atoms with Crippen LogP contribution >= 0.6 is 10.6 Å². The molecule has 9 heteroatoms. The smallest absolute Gasteiger partial charge is 0.335 e. The van der Waals surface area contributed by atoms with Crippen molar-refractivity contribution in [2.24, 2.45) is 0 Å². The molecule has 0 aliphatic carbocycles. The lowest BCUT2D eigenvalue weighted by atomic mass is 10.1. The Hall–Kier alpha value is -2.75. The highest BCUT2D eigenvalue weighted by atomic mass is 32.3. The van der Waals surface area contributed by atoms with Crippen LogP contribution in [-0.2, 0) is 0 Å². The number of nitrogens with zero attached hydrogens (tertiary/aromatic N) is 3. The summed E-state index contributed by atoms with van der Waals surface area (Å²) in [6.45, 7) is 0.769. The van der Waals surface area contributed by atoms with Crippen molar-refractivity contribution in [2.75, 3.05) is 29.5 Å². The van der Waals surface area contributed by atoms with Gasteiger partial charge < -0.3 is 10.0 Å². The van der Waals surface area contributed by atoms with Crippen LogP contribution in [0.25, 0.3) is 22.3 Å². The minimum Gasteiger partial charge on any atom is -0.478 e. The van der Waals surface area contributed by atoms with Crippen molar-refractivity contribution in [3.63, 3.8) is 0 Å². The Kier molecular flexibility index (Phi) is 4.66. The van der Waals surface area contributed by atoms with E-state index in [-0.39, 0.29) is 22.9 Å². The molecule has 1 aliphatic heterocycles. The van der Waals surface area contributed by atoms with Crippen molar-refractivity contribution in [3.8, 4) is 11.3 Å². The third kappa shape index (κ3) is 3.64. The largest absolute Gasteiger partial charge is 0.478 e. The number of benzene rings is 2. The van der Waals surface area contributed by atoms with E-state index < -0.39 is 16.6 Å². The first kappa shape index (κ1) is 18.6. The summed E-state index contributed by atoms with van der Waals surface area (Å²) in [5.41, 5.74) is 2.27. The van der Waals surface area contributed by atoms with Gasteiger partial charge in [-0.1, -0.05) is 0 Å². The molecule has 1 aliphatic rings. The SMILES string of the molecule is O=C(O)c1ccc2nc(-c3ccc(F)cc3)c(N3CCS(O)(O)CC3)nc2c1. The molecule has 0 atom stereocenters. The van der Waals surface area contributed by atoms with E-state index >= 15 is 0 Å². The number of halogens is 1. The molecule has 3 aromatic rings. The summed E-state index contributed by atoms with van der Waals surface area (Å²) < 4.78 is 33.2. The van der Waals surface area contributed by atoms with Crippen LogP contribution in [0, 0.1) is 5.82 Å². The van der Waals surface area contributed by atoms with Gasteiger partial charge in [0.25, 0.3) is 0 Å². The zero-order valence-corrected chi connectivity index (χ0v) is 15.6. The summed E-state index contributed by atoms with van der Waals surface area (Å²) >= 11 is 0. The molecule has 7 nitrogen and oxygen atoms in total. The van der Waals surface area contributed by atoms with Crippen LogP contribution in [0.2, 0.25) is 0 Å². The maximum absolute atomic E-state index is 13.4. The Balaban J connectivity index is 1.86. The van der Waals surface area contributed by atoms with Crippen molar-refractivity contribution in [1.29, 1.82) is 0 Å². The molecule has 0 unspecified atom stereocenters. The Morgan fingerprint density at radius 3 is 2.32 bits per heavy atom. The fourth-order valence-corrected chi connectivity index (χ4v) is 4.37. The number of hydrogen-bond acceptors (Lipinski definition) is 6. The predicted molar refractivity (Wildman–Crippen MR) is 107 cm³/mol. The Labute approximate surface area is 161 Å². The van der Waals surface area contributed by atoms with E-state index in [1.54, 1.807) is 18.2 Å². The third-order valence-electron chi connectivity index (χ3n) is 4.69. The van der Waals surface area contributed by atoms with Crippen LogP contribution in [0.5, 0.6) is 0 Å². The Morgan fingerprint density at radius 1 is 1.00 bits per heavy atom. The second kappa shape index (κ2) is 7.01. The van der Waals surface area contributed by atoms with Crippen LogP contribution in [0.15, 0.2) is 42.5 Å². The quantitative estimate of drug-likeness (QED) is 0.612. The van der Waals surface area contributed by atoms with E-state index in [0.717, 1.165) is 0 Å². The van der Waals surface area contributed by atoms with Crippen LogP contribution in [0.1, 0.15) is 10.4 Å². The molecule has 0 spiro atoms. The van der Waals surface area contributed by atoms with Crippen molar-refractivity contribution < 1.29 is 23.4 Å². The molecule has 0 bridgehead atoms. The van der Waals surface area contributed by atoms with E-state index in [1.165, 1.54) is 24.3 Å². The van der Waals surface area contributed by atoms with Gasteiger partial charge in [0, 0.05) is 18.7 Å². The summed E-state index contributed by atoms with van der Waals surface area (Å²) in [6.07, 6.45) is 0. The first-order valence-electron chi connectivity index (χ1n) is 8.62. The maximum atomic E-state index is 13.4. The molecule has 2 aromatic carbocycles. The number of aromatic carboxylic acids is 1. The maximum Gasteiger partial charge on any atom is 0.335 e. The summed E-state index contributed by atoms with van der Waals surface area (Å²) in [4.78, 5) is 22.5. The summed E-state index contributed by atoms with van der Waals surface area (Å²) in [5, 5.41) is 9.23. The van der Waals surface area contributed by atoms with E-state index in [0.29, 0.717) is 41.2 Å². The number of anilines is 1. The topological polar surface area (TPSA) is 107 Å². The minimum atomic E-state index is -2.58. The van der Waals surface area contributed by atoms with Gasteiger partial charge in [0.15, 0.2) is 5.82 Å². The first-order chi connectivity index (χ1) is 13.3. The van der Waals surface area contributed by atoms with E-state index in [2.05, 4.69) is 9.97 Å². The summed E-state index contributed by atoms with van der Waals surface area (Å²) in [7, 11) is -2.58. The highest BCUT2D eigenvalue weighted by Gasteiger charge is 2.26. The fraction of sp³-hybridized carbons (Fsp3) is 0.211. The van der Waals surface area contributed by atoms with Crippen molar-refractivity contribution >= 4 is 33.4 Å². The number of fused-ring (bicyclic) bond motifs is 1. The van der Waals surface area contributed by atoms with E-state index in [9.17, 15) is 23.4 Å². The van der Waals surface area contributed by atoms with E-state index in [4.69, 9.17) is 0 Å². The minimum absolute atomic E-state index is 0.107. The molecule has 146 valence electrons. The molecule has 0 radical (unpaired) electrons. The highest BCUT2D eigenvalue weighted by Crippen LogP contribution is 2.42. The molecule has 28 heavy (non-hydrogen) atoms. The zero-order valence-electron chi connectivity index (χ0n) is 14.7. The number of carboxylic acids is 1. The lowest BCUT2D eigenvalue weighted by molar-refractivity contribution is 0.0697. The fourth-order valence-electron chi connectivity index (χ4n) is 3.14. The number of rotatable bonds is 3. The number of carbonyl (C=O) groups is 1. The molecule has 1 saturated heterocycles. The van der Waals surface area contributed by atoms with Crippen molar-refractivity contribution in [3.05, 3.63) is 53.8 Å². The lowest BCUT2D eigenvalue weighted by Crippen LogP contribution is -2.39. The Morgan fingerprint density at radius 2 is 1.68 bits per heavy atom. The number of hydrogen-bond donors (Lipinski definition) is 3. The average molecular weight is 403 g/mol. The number of aromatic nitrogens is 2. The zero-order chi connectivity index (χ0) is 19.9. The standard InChI is InChI=1S/C19H18FN3O4S/c20-14-4-1-12(2-5-14)17-18(23-7-9-28(26,27)10-8-23)22-16-11-13(19(24)25)3-6-15(16)21-17/h1-6,11,26-27H,7-10H2,(H,24,25). The van der Waals surface area contributed by atoms with Gasteiger partial charge in [0.1, 0.15) is 11.5 Å². The van der Waals surface area contributed by atoms with Gasteiger partial charge in [0.05, 0.1) is 28.1 Å². The average Bonchev–Trinajstić information content (AvgIpc) is 2.67. The normalized spacial score (nSPS) is 17.5. The van der Waals surface area contributed by atoms with Gasteiger partial charge >= 0.3 is 5.97 Å². The molecule has 1 fully saturated rings. The second-order valence-electron chi connectivity index (χ2n) is 6.61. The van der Waals surface area contributed by atoms with Gasteiger partial charge in [-0.3, -0.25) is 9.11 Å². The van der Waals surface area contributed by atoms with Crippen LogP contribution in [0.4, 0.5) is 10.2 Å². The third-order valence-corrected chi connectivity index (χ3v) is 6.36. The molecule has 4 rings (SSSR count). The van der Waals surface area contributed by atoms with Crippen LogP contribution < -0.4 is 4.90 Å². The van der Waals surface area contributed by atoms with Crippen molar-refractivity contribution in [2.45, 2.75) is 0 Å². The predicted octanol–water partition coefficient (Wildman–Crippen LogP) is 3.70. The molecule has 2 heterocycles. The van der Waals surface area contributed by atoms with Gasteiger partial charge in [-0.2, -0.15) is 10.6 Å².